The zero-order valence-electron chi connectivity index (χ0n) is 8.74. The molecule has 78 valence electrons. The Bertz CT molecular complexity index is 361. The van der Waals surface area contributed by atoms with Gasteiger partial charge in [0.2, 0.25) is 0 Å². The number of nitrogens with zero attached hydrogens (tertiary/aromatic N) is 2. The normalized spacial score (nSPS) is 16.2. The van der Waals surface area contributed by atoms with Crippen molar-refractivity contribution in [3.63, 3.8) is 0 Å². The van der Waals surface area contributed by atoms with E-state index in [1.54, 1.807) is 6.20 Å². The molecule has 1 fully saturated rings. The van der Waals surface area contributed by atoms with E-state index in [1.807, 2.05) is 12.1 Å². The van der Waals surface area contributed by atoms with E-state index in [9.17, 15) is 0 Å². The predicted molar refractivity (Wildman–Crippen MR) is 59.4 cm³/mol. The second-order valence-corrected chi connectivity index (χ2v) is 4.04. The molecule has 0 radical (unpaired) electrons. The van der Waals surface area contributed by atoms with Crippen LogP contribution in [-0.2, 0) is 0 Å². The van der Waals surface area contributed by atoms with Crippen molar-refractivity contribution in [2.75, 3.05) is 11.9 Å². The summed E-state index contributed by atoms with van der Waals surface area (Å²) in [6.07, 6.45) is 6.98. The van der Waals surface area contributed by atoms with Crippen LogP contribution < -0.4 is 5.32 Å². The van der Waals surface area contributed by atoms with Gasteiger partial charge in [-0.1, -0.05) is 12.8 Å². The summed E-state index contributed by atoms with van der Waals surface area (Å²) in [6, 6.07) is 5.87. The fraction of sp³-hybridized carbons (Fsp3) is 0.500. The highest BCUT2D eigenvalue weighted by molar-refractivity contribution is 5.53. The van der Waals surface area contributed by atoms with E-state index in [2.05, 4.69) is 16.4 Å². The quantitative estimate of drug-likeness (QED) is 0.817. The molecule has 15 heavy (non-hydrogen) atoms. The Morgan fingerprint density at radius 1 is 1.47 bits per heavy atom. The lowest BCUT2D eigenvalue weighted by Crippen LogP contribution is -2.12. The van der Waals surface area contributed by atoms with Crippen LogP contribution in [0.2, 0.25) is 0 Å². The largest absolute Gasteiger partial charge is 0.382 e. The van der Waals surface area contributed by atoms with Gasteiger partial charge in [0, 0.05) is 12.7 Å². The van der Waals surface area contributed by atoms with E-state index >= 15 is 0 Å². The van der Waals surface area contributed by atoms with Gasteiger partial charge in [0.15, 0.2) is 5.69 Å². The first kappa shape index (κ1) is 9.97. The van der Waals surface area contributed by atoms with E-state index in [1.165, 1.54) is 25.7 Å². The number of nitriles is 1. The Morgan fingerprint density at radius 3 is 3.00 bits per heavy atom. The summed E-state index contributed by atoms with van der Waals surface area (Å²) in [6.45, 7) is 0.973. The minimum absolute atomic E-state index is 0.496. The fourth-order valence-electron chi connectivity index (χ4n) is 2.11. The molecule has 0 unspecified atom stereocenters. The van der Waals surface area contributed by atoms with Gasteiger partial charge in [0.05, 0.1) is 5.69 Å². The molecule has 0 amide bonds. The molecule has 0 aliphatic heterocycles. The second-order valence-electron chi connectivity index (χ2n) is 4.04. The Morgan fingerprint density at radius 2 is 2.27 bits per heavy atom. The van der Waals surface area contributed by atoms with Crippen LogP contribution in [0.15, 0.2) is 18.3 Å². The number of aromatic nitrogens is 1. The summed E-state index contributed by atoms with van der Waals surface area (Å²) in [4.78, 5) is 4.02. The minimum Gasteiger partial charge on any atom is -0.382 e. The summed E-state index contributed by atoms with van der Waals surface area (Å²) >= 11 is 0. The molecule has 1 aromatic rings. The van der Waals surface area contributed by atoms with Crippen LogP contribution in [-0.4, -0.2) is 11.5 Å². The first-order chi connectivity index (χ1) is 7.40. The van der Waals surface area contributed by atoms with Crippen molar-refractivity contribution in [2.24, 2.45) is 5.92 Å². The highest BCUT2D eigenvalue weighted by atomic mass is 14.9. The summed E-state index contributed by atoms with van der Waals surface area (Å²) in [7, 11) is 0. The predicted octanol–water partition coefficient (Wildman–Crippen LogP) is 2.56. The van der Waals surface area contributed by atoms with Crippen LogP contribution in [0.4, 0.5) is 5.69 Å². The van der Waals surface area contributed by atoms with E-state index in [4.69, 9.17) is 5.26 Å². The monoisotopic (exact) mass is 201 g/mol. The maximum absolute atomic E-state index is 8.86. The first-order valence-electron chi connectivity index (χ1n) is 5.49. The molecule has 3 nitrogen and oxygen atoms in total. The molecule has 1 aliphatic rings. The number of nitrogens with one attached hydrogen (secondary N) is 1. The molecular weight excluding hydrogens is 186 g/mol. The van der Waals surface area contributed by atoms with Gasteiger partial charge >= 0.3 is 0 Å². The first-order valence-corrected chi connectivity index (χ1v) is 5.49. The third-order valence-electron chi connectivity index (χ3n) is 2.97. The molecule has 3 heteroatoms. The zero-order valence-corrected chi connectivity index (χ0v) is 8.74. The van der Waals surface area contributed by atoms with Crippen molar-refractivity contribution in [1.82, 2.24) is 4.98 Å². The van der Waals surface area contributed by atoms with E-state index in [-0.39, 0.29) is 0 Å². The maximum Gasteiger partial charge on any atom is 0.163 e. The molecule has 0 saturated heterocycles. The average Bonchev–Trinajstić information content (AvgIpc) is 2.79. The Hall–Kier alpha value is -1.56. The smallest absolute Gasteiger partial charge is 0.163 e. The molecule has 0 atom stereocenters. The van der Waals surface area contributed by atoms with Gasteiger partial charge in [-0.3, -0.25) is 0 Å². The molecule has 0 spiro atoms. The van der Waals surface area contributed by atoms with Gasteiger partial charge in [-0.05, 0) is 30.9 Å². The Labute approximate surface area is 90.1 Å². The van der Waals surface area contributed by atoms with E-state index in [0.29, 0.717) is 5.69 Å². The van der Waals surface area contributed by atoms with Gasteiger partial charge in [-0.15, -0.1) is 0 Å². The number of hydrogen-bond donors (Lipinski definition) is 1. The van der Waals surface area contributed by atoms with Crippen molar-refractivity contribution in [3.05, 3.63) is 24.0 Å². The molecule has 1 heterocycles. The average molecular weight is 201 g/mol. The van der Waals surface area contributed by atoms with Gasteiger partial charge in [-0.2, -0.15) is 5.26 Å². The van der Waals surface area contributed by atoms with Crippen LogP contribution in [0, 0.1) is 17.2 Å². The molecule has 1 saturated carbocycles. The lowest BCUT2D eigenvalue weighted by Gasteiger charge is -2.11. The number of hydrogen-bond acceptors (Lipinski definition) is 3. The molecule has 1 aromatic heterocycles. The van der Waals surface area contributed by atoms with E-state index in [0.717, 1.165) is 18.2 Å². The van der Waals surface area contributed by atoms with Crippen LogP contribution in [0.1, 0.15) is 31.4 Å². The van der Waals surface area contributed by atoms with E-state index < -0.39 is 0 Å². The summed E-state index contributed by atoms with van der Waals surface area (Å²) < 4.78 is 0. The number of rotatable bonds is 3. The molecule has 1 aliphatic carbocycles. The number of anilines is 1. The fourth-order valence-corrected chi connectivity index (χ4v) is 2.11. The third-order valence-corrected chi connectivity index (χ3v) is 2.97. The van der Waals surface area contributed by atoms with Crippen LogP contribution in [0.25, 0.3) is 0 Å². The van der Waals surface area contributed by atoms with Crippen LogP contribution in [0.5, 0.6) is 0 Å². The third kappa shape index (κ3) is 2.47. The molecular formula is C12H15N3. The van der Waals surface area contributed by atoms with Crippen LogP contribution in [0.3, 0.4) is 0 Å². The minimum atomic E-state index is 0.496. The molecule has 0 bridgehead atoms. The van der Waals surface area contributed by atoms with Gasteiger partial charge < -0.3 is 5.32 Å². The Kier molecular flexibility index (Phi) is 3.18. The molecule has 1 N–H and O–H groups in total. The lowest BCUT2D eigenvalue weighted by atomic mass is 10.1. The second kappa shape index (κ2) is 4.79. The molecule has 0 aromatic carbocycles. The lowest BCUT2D eigenvalue weighted by molar-refractivity contribution is 0.579. The van der Waals surface area contributed by atoms with Crippen molar-refractivity contribution < 1.29 is 0 Å². The van der Waals surface area contributed by atoms with Crippen LogP contribution >= 0.6 is 0 Å². The molecule has 2 rings (SSSR count). The van der Waals surface area contributed by atoms with Gasteiger partial charge in [0.25, 0.3) is 0 Å². The zero-order chi connectivity index (χ0) is 10.5. The van der Waals surface area contributed by atoms with Crippen molar-refractivity contribution in [2.45, 2.75) is 25.7 Å². The van der Waals surface area contributed by atoms with Crippen molar-refractivity contribution >= 4 is 5.69 Å². The maximum atomic E-state index is 8.86. The standard InChI is InChI=1S/C12H15N3/c13-8-12-11(6-3-7-14-12)15-9-10-4-1-2-5-10/h3,6-7,10,15H,1-2,4-5,9H2. The van der Waals surface area contributed by atoms with Crippen molar-refractivity contribution in [1.29, 1.82) is 5.26 Å². The van der Waals surface area contributed by atoms with Crippen molar-refractivity contribution in [3.8, 4) is 6.07 Å². The highest BCUT2D eigenvalue weighted by Gasteiger charge is 2.14. The summed E-state index contributed by atoms with van der Waals surface area (Å²) in [5.74, 6) is 0.775. The summed E-state index contributed by atoms with van der Waals surface area (Å²) in [5, 5.41) is 12.2. The van der Waals surface area contributed by atoms with Gasteiger partial charge in [0.1, 0.15) is 6.07 Å². The number of pyridine rings is 1. The Balaban J connectivity index is 1.95. The summed E-state index contributed by atoms with van der Waals surface area (Å²) in [5.41, 5.74) is 1.36. The SMILES string of the molecule is N#Cc1ncccc1NCC1CCCC1. The topological polar surface area (TPSA) is 48.7 Å². The van der Waals surface area contributed by atoms with Gasteiger partial charge in [-0.25, -0.2) is 4.98 Å². The highest BCUT2D eigenvalue weighted by Crippen LogP contribution is 2.25.